The fraction of sp³-hybridized carbons (Fsp3) is 0.450. The average Bonchev–Trinajstić information content (AvgIpc) is 3.35. The van der Waals surface area contributed by atoms with Gasteiger partial charge in [-0.05, 0) is 36.6 Å². The maximum absolute atomic E-state index is 13.1. The molecule has 0 aliphatic carbocycles. The normalized spacial score (nSPS) is 24.6. The van der Waals surface area contributed by atoms with Crippen LogP contribution in [0.2, 0.25) is 0 Å². The molecule has 0 radical (unpaired) electrons. The first-order valence-corrected chi connectivity index (χ1v) is 9.31. The van der Waals surface area contributed by atoms with Crippen molar-refractivity contribution in [3.8, 4) is 5.75 Å². The van der Waals surface area contributed by atoms with Gasteiger partial charge in [0.2, 0.25) is 5.91 Å². The smallest absolute Gasteiger partial charge is 0.272 e. The fourth-order valence-electron chi connectivity index (χ4n) is 4.56. The number of nitrogens with one attached hydrogen (secondary N) is 1. The van der Waals surface area contributed by atoms with E-state index in [2.05, 4.69) is 10.2 Å². The number of ether oxygens (including phenoxy) is 1. The number of fused-ring (bicyclic) bond motifs is 1. The van der Waals surface area contributed by atoms with Crippen LogP contribution in [0.15, 0.2) is 36.5 Å². The molecule has 2 fully saturated rings. The van der Waals surface area contributed by atoms with E-state index < -0.39 is 0 Å². The molecule has 2 amide bonds. The Morgan fingerprint density at radius 2 is 1.96 bits per heavy atom. The maximum Gasteiger partial charge on any atom is 0.272 e. The van der Waals surface area contributed by atoms with Crippen molar-refractivity contribution in [1.29, 1.82) is 0 Å². The van der Waals surface area contributed by atoms with E-state index in [0.29, 0.717) is 18.8 Å². The first kappa shape index (κ1) is 17.6. The minimum absolute atomic E-state index is 0.0353. The highest BCUT2D eigenvalue weighted by Gasteiger charge is 2.49. The zero-order valence-electron chi connectivity index (χ0n) is 15.6. The molecule has 27 heavy (non-hydrogen) atoms. The first-order valence-electron chi connectivity index (χ1n) is 9.31. The predicted molar refractivity (Wildman–Crippen MR) is 99.6 cm³/mol. The Labute approximate surface area is 158 Å². The number of hydrogen-bond acceptors (Lipinski definition) is 4. The number of hydrogen-bond donors (Lipinski definition) is 1. The van der Waals surface area contributed by atoms with Gasteiger partial charge >= 0.3 is 0 Å². The molecule has 0 bridgehead atoms. The highest BCUT2D eigenvalue weighted by molar-refractivity contribution is 5.92. The summed E-state index contributed by atoms with van der Waals surface area (Å²) in [5.41, 5.74) is 1.62. The number of H-pyrrole nitrogens is 1. The molecule has 2 aliphatic rings. The first-order chi connectivity index (χ1) is 13.1. The quantitative estimate of drug-likeness (QED) is 0.899. The largest absolute Gasteiger partial charge is 0.497 e. The summed E-state index contributed by atoms with van der Waals surface area (Å²) in [4.78, 5) is 29.2. The Balaban J connectivity index is 1.70. The SMILES string of the molecule is COc1ccc([C@H]2CN(C(C)=O)[C@@H]3CCCN(C(=O)c4ccn[nH]4)[C@H]23)cc1. The molecule has 142 valence electrons. The second-order valence-corrected chi connectivity index (χ2v) is 7.22. The van der Waals surface area contributed by atoms with Crippen LogP contribution in [-0.4, -0.2) is 64.1 Å². The van der Waals surface area contributed by atoms with Crippen LogP contribution in [0.1, 0.15) is 41.7 Å². The number of amides is 2. The highest BCUT2D eigenvalue weighted by atomic mass is 16.5. The maximum atomic E-state index is 13.1. The Kier molecular flexibility index (Phi) is 4.59. The molecular formula is C20H24N4O3. The molecule has 0 unspecified atom stereocenters. The van der Waals surface area contributed by atoms with Gasteiger partial charge in [0.15, 0.2) is 0 Å². The van der Waals surface area contributed by atoms with Crippen molar-refractivity contribution in [3.05, 3.63) is 47.8 Å². The minimum Gasteiger partial charge on any atom is -0.497 e. The minimum atomic E-state index is -0.0499. The second-order valence-electron chi connectivity index (χ2n) is 7.22. The Bertz CT molecular complexity index is 818. The van der Waals surface area contributed by atoms with Crippen LogP contribution in [0.25, 0.3) is 0 Å². The van der Waals surface area contributed by atoms with Crippen LogP contribution in [0.4, 0.5) is 0 Å². The van der Waals surface area contributed by atoms with Gasteiger partial charge in [0.05, 0.1) is 19.2 Å². The van der Waals surface area contributed by atoms with E-state index in [1.807, 2.05) is 34.1 Å². The highest BCUT2D eigenvalue weighted by Crippen LogP contribution is 2.41. The van der Waals surface area contributed by atoms with Crippen LogP contribution in [0.3, 0.4) is 0 Å². The summed E-state index contributed by atoms with van der Waals surface area (Å²) in [5.74, 6) is 0.894. The summed E-state index contributed by atoms with van der Waals surface area (Å²) in [5, 5.41) is 6.69. The molecule has 7 nitrogen and oxygen atoms in total. The van der Waals surface area contributed by atoms with Gasteiger partial charge in [0.1, 0.15) is 11.4 Å². The van der Waals surface area contributed by atoms with Crippen molar-refractivity contribution in [1.82, 2.24) is 20.0 Å². The van der Waals surface area contributed by atoms with Gasteiger partial charge in [0, 0.05) is 32.1 Å². The number of carbonyl (C=O) groups excluding carboxylic acids is 2. The van der Waals surface area contributed by atoms with E-state index in [1.165, 1.54) is 0 Å². The molecule has 2 aromatic rings. The number of carbonyl (C=O) groups is 2. The summed E-state index contributed by atoms with van der Waals surface area (Å²) in [6.07, 6.45) is 3.40. The van der Waals surface area contributed by atoms with Gasteiger partial charge in [-0.15, -0.1) is 0 Å². The van der Waals surface area contributed by atoms with Crippen LogP contribution in [0, 0.1) is 0 Å². The van der Waals surface area contributed by atoms with E-state index in [-0.39, 0.29) is 29.8 Å². The number of likely N-dealkylation sites (tertiary alicyclic amines) is 2. The Hall–Kier alpha value is -2.83. The van der Waals surface area contributed by atoms with Crippen molar-refractivity contribution < 1.29 is 14.3 Å². The van der Waals surface area contributed by atoms with E-state index in [4.69, 9.17) is 4.74 Å². The van der Waals surface area contributed by atoms with Crippen LogP contribution < -0.4 is 4.74 Å². The monoisotopic (exact) mass is 368 g/mol. The summed E-state index contributed by atoms with van der Waals surface area (Å²) < 4.78 is 5.27. The zero-order chi connectivity index (χ0) is 19.0. The third kappa shape index (κ3) is 3.07. The number of methoxy groups -OCH3 is 1. The average molecular weight is 368 g/mol. The Morgan fingerprint density at radius 1 is 1.19 bits per heavy atom. The van der Waals surface area contributed by atoms with Crippen molar-refractivity contribution in [2.75, 3.05) is 20.2 Å². The van der Waals surface area contributed by atoms with Crippen molar-refractivity contribution in [2.45, 2.75) is 37.8 Å². The lowest BCUT2D eigenvalue weighted by molar-refractivity contribution is -0.130. The van der Waals surface area contributed by atoms with Crippen LogP contribution in [-0.2, 0) is 4.79 Å². The Morgan fingerprint density at radius 3 is 2.59 bits per heavy atom. The van der Waals surface area contributed by atoms with Gasteiger partial charge in [-0.25, -0.2) is 0 Å². The summed E-state index contributed by atoms with van der Waals surface area (Å²) in [7, 11) is 1.64. The van der Waals surface area contributed by atoms with E-state index in [0.717, 1.165) is 24.2 Å². The molecule has 0 spiro atoms. The molecule has 2 aliphatic heterocycles. The van der Waals surface area contributed by atoms with Crippen molar-refractivity contribution in [2.24, 2.45) is 0 Å². The second kappa shape index (κ2) is 7.06. The number of benzene rings is 1. The number of nitrogens with zero attached hydrogens (tertiary/aromatic N) is 3. The molecule has 2 saturated heterocycles. The van der Waals surface area contributed by atoms with E-state index in [9.17, 15) is 9.59 Å². The van der Waals surface area contributed by atoms with Gasteiger partial charge in [-0.2, -0.15) is 5.10 Å². The standard InChI is InChI=1S/C20H24N4O3/c1-13(25)24-12-16(14-5-7-15(27-2)8-6-14)19-18(24)4-3-11-23(19)20(26)17-9-10-21-22-17/h5-10,16,18-19H,3-4,11-12H2,1-2H3,(H,21,22)/t16-,18-,19-/m1/s1. The molecule has 3 atom stereocenters. The zero-order valence-corrected chi connectivity index (χ0v) is 15.6. The lowest BCUT2D eigenvalue weighted by Gasteiger charge is -2.41. The lowest BCUT2D eigenvalue weighted by atomic mass is 9.86. The summed E-state index contributed by atoms with van der Waals surface area (Å²) in [6, 6.07) is 9.67. The summed E-state index contributed by atoms with van der Waals surface area (Å²) >= 11 is 0. The van der Waals surface area contributed by atoms with E-state index in [1.54, 1.807) is 26.3 Å². The molecule has 0 saturated carbocycles. The molecule has 1 aromatic carbocycles. The van der Waals surface area contributed by atoms with Gasteiger partial charge < -0.3 is 14.5 Å². The number of aromatic nitrogens is 2. The number of rotatable bonds is 3. The molecule has 7 heteroatoms. The van der Waals surface area contributed by atoms with E-state index >= 15 is 0 Å². The lowest BCUT2D eigenvalue weighted by Crippen LogP contribution is -2.54. The van der Waals surface area contributed by atoms with Crippen molar-refractivity contribution in [3.63, 3.8) is 0 Å². The molecule has 1 aromatic heterocycles. The molecule has 4 rings (SSSR count). The molecular weight excluding hydrogens is 344 g/mol. The fourth-order valence-corrected chi connectivity index (χ4v) is 4.56. The summed E-state index contributed by atoms with van der Waals surface area (Å²) in [6.45, 7) is 2.93. The van der Waals surface area contributed by atoms with Gasteiger partial charge in [0.25, 0.3) is 5.91 Å². The number of aromatic amines is 1. The number of piperidine rings is 1. The third-order valence-electron chi connectivity index (χ3n) is 5.80. The third-order valence-corrected chi connectivity index (χ3v) is 5.80. The molecule has 1 N–H and O–H groups in total. The van der Waals surface area contributed by atoms with Crippen LogP contribution >= 0.6 is 0 Å². The predicted octanol–water partition coefficient (Wildman–Crippen LogP) is 2.04. The van der Waals surface area contributed by atoms with Gasteiger partial charge in [-0.1, -0.05) is 12.1 Å². The van der Waals surface area contributed by atoms with Crippen molar-refractivity contribution >= 4 is 11.8 Å². The topological polar surface area (TPSA) is 78.5 Å². The van der Waals surface area contributed by atoms with Crippen LogP contribution in [0.5, 0.6) is 5.75 Å². The van der Waals surface area contributed by atoms with Gasteiger partial charge in [-0.3, -0.25) is 14.7 Å². The molecule has 3 heterocycles.